The molecule has 0 aliphatic carbocycles. The summed E-state index contributed by atoms with van der Waals surface area (Å²) in [4.78, 5) is 24.6. The van der Waals surface area contributed by atoms with Crippen LogP contribution in [-0.2, 0) is 20.7 Å². The number of rotatable bonds is 7. The Morgan fingerprint density at radius 3 is 2.61 bits per heavy atom. The fourth-order valence-corrected chi connectivity index (χ4v) is 3.74. The number of hydrogen-bond acceptors (Lipinski definition) is 7. The van der Waals surface area contributed by atoms with Crippen LogP contribution in [0.25, 0.3) is 5.57 Å². The molecule has 7 nitrogen and oxygen atoms in total. The van der Waals surface area contributed by atoms with Gasteiger partial charge in [0.2, 0.25) is 5.76 Å². The van der Waals surface area contributed by atoms with Crippen LogP contribution in [0.1, 0.15) is 52.2 Å². The Balaban J connectivity index is 2.22. The summed E-state index contributed by atoms with van der Waals surface area (Å²) in [5.74, 6) is 0.843. The minimum absolute atomic E-state index is 0.128. The lowest BCUT2D eigenvalue weighted by molar-refractivity contribution is -0.141. The molecule has 2 aliphatic rings. The van der Waals surface area contributed by atoms with E-state index in [4.69, 9.17) is 18.9 Å². The maximum Gasteiger partial charge on any atom is 0.375 e. The van der Waals surface area contributed by atoms with E-state index in [1.54, 1.807) is 33.9 Å². The highest BCUT2D eigenvalue weighted by atomic mass is 16.6. The number of benzene rings is 1. The van der Waals surface area contributed by atoms with Crippen LogP contribution in [-0.4, -0.2) is 42.8 Å². The fourth-order valence-electron chi connectivity index (χ4n) is 3.74. The van der Waals surface area contributed by atoms with E-state index >= 15 is 0 Å². The maximum absolute atomic E-state index is 12.5. The Morgan fingerprint density at radius 2 is 2.06 bits per heavy atom. The molecule has 0 aromatic heterocycles. The van der Waals surface area contributed by atoms with Crippen LogP contribution < -0.4 is 14.2 Å². The summed E-state index contributed by atoms with van der Waals surface area (Å²) < 4.78 is 22.7. The molecule has 168 valence electrons. The molecule has 2 heterocycles. The number of hydrogen-bond donors (Lipinski definition) is 1. The summed E-state index contributed by atoms with van der Waals surface area (Å²) in [6.07, 6.45) is 3.20. The molecular weight excluding hydrogens is 400 g/mol. The van der Waals surface area contributed by atoms with Crippen molar-refractivity contribution < 1.29 is 33.6 Å². The quantitative estimate of drug-likeness (QED) is 0.522. The first-order valence-electron chi connectivity index (χ1n) is 10.5. The van der Waals surface area contributed by atoms with Crippen molar-refractivity contribution in [2.75, 3.05) is 13.7 Å². The van der Waals surface area contributed by atoms with E-state index in [0.29, 0.717) is 53.4 Å². The number of carbonyl (C=O) groups excluding carboxylic acids is 2. The zero-order valence-corrected chi connectivity index (χ0v) is 18.9. The second-order valence-corrected chi connectivity index (χ2v) is 8.65. The molecule has 2 aliphatic heterocycles. The van der Waals surface area contributed by atoms with E-state index in [1.807, 2.05) is 6.08 Å². The van der Waals surface area contributed by atoms with Crippen molar-refractivity contribution >= 4 is 17.8 Å². The van der Waals surface area contributed by atoms with Crippen molar-refractivity contribution in [3.05, 3.63) is 34.6 Å². The normalized spacial score (nSPS) is 19.0. The standard InChI is InChI=1S/C24H30O7/c1-7-29-23(26)22-16(12-25)14(9-8-13(2)3)20-18(31-22)11-17-15(21(20)28-6)10-19(30-17)24(4,5)27/h9,11-13,19,27H,7-8,10H2,1-6H3/t19-/m0/s1. The molecule has 1 aromatic rings. The third-order valence-electron chi connectivity index (χ3n) is 5.35. The van der Waals surface area contributed by atoms with Gasteiger partial charge in [0.05, 0.1) is 30.5 Å². The van der Waals surface area contributed by atoms with Gasteiger partial charge in [-0.1, -0.05) is 19.9 Å². The lowest BCUT2D eigenvalue weighted by atomic mass is 9.88. The molecule has 0 saturated heterocycles. The third kappa shape index (κ3) is 4.32. The minimum Gasteiger partial charge on any atom is -0.496 e. The third-order valence-corrected chi connectivity index (χ3v) is 5.35. The van der Waals surface area contributed by atoms with Gasteiger partial charge in [0.25, 0.3) is 0 Å². The van der Waals surface area contributed by atoms with Crippen molar-refractivity contribution in [2.45, 2.75) is 59.2 Å². The van der Waals surface area contributed by atoms with E-state index in [9.17, 15) is 14.7 Å². The second-order valence-electron chi connectivity index (χ2n) is 8.65. The van der Waals surface area contributed by atoms with Gasteiger partial charge in [-0.15, -0.1) is 0 Å². The Labute approximate surface area is 182 Å². The van der Waals surface area contributed by atoms with Gasteiger partial charge in [-0.3, -0.25) is 4.79 Å². The summed E-state index contributed by atoms with van der Waals surface area (Å²) in [6, 6.07) is 1.68. The number of carbonyl (C=O) groups is 2. The Kier molecular flexibility index (Phi) is 6.46. The van der Waals surface area contributed by atoms with Gasteiger partial charge < -0.3 is 24.1 Å². The van der Waals surface area contributed by atoms with Crippen LogP contribution in [0, 0.1) is 5.92 Å². The molecule has 1 aromatic carbocycles. The lowest BCUT2D eigenvalue weighted by Crippen LogP contribution is -2.39. The van der Waals surface area contributed by atoms with E-state index in [2.05, 4.69) is 13.8 Å². The highest BCUT2D eigenvalue weighted by molar-refractivity contribution is 6.09. The highest BCUT2D eigenvalue weighted by Crippen LogP contribution is 2.51. The summed E-state index contributed by atoms with van der Waals surface area (Å²) >= 11 is 0. The molecule has 7 heteroatoms. The smallest absolute Gasteiger partial charge is 0.375 e. The molecular formula is C24H30O7. The van der Waals surface area contributed by atoms with Gasteiger partial charge in [-0.05, 0) is 38.7 Å². The first-order valence-corrected chi connectivity index (χ1v) is 10.5. The molecule has 0 radical (unpaired) electrons. The van der Waals surface area contributed by atoms with Crippen molar-refractivity contribution in [1.82, 2.24) is 0 Å². The summed E-state index contributed by atoms with van der Waals surface area (Å²) in [7, 11) is 1.54. The molecule has 0 amide bonds. The van der Waals surface area contributed by atoms with Gasteiger partial charge in [0.15, 0.2) is 6.29 Å². The molecule has 0 fully saturated rings. The fraction of sp³-hybridized carbons (Fsp3) is 0.500. The summed E-state index contributed by atoms with van der Waals surface area (Å²) in [5, 5.41) is 10.4. The van der Waals surface area contributed by atoms with Crippen LogP contribution >= 0.6 is 0 Å². The van der Waals surface area contributed by atoms with Crippen LogP contribution in [0.5, 0.6) is 17.2 Å². The topological polar surface area (TPSA) is 91.3 Å². The predicted octanol–water partition coefficient (Wildman–Crippen LogP) is 3.61. The molecule has 1 atom stereocenters. The van der Waals surface area contributed by atoms with Crippen molar-refractivity contribution in [1.29, 1.82) is 0 Å². The molecule has 0 saturated carbocycles. The van der Waals surface area contributed by atoms with Crippen LogP contribution in [0.2, 0.25) is 0 Å². The van der Waals surface area contributed by atoms with Gasteiger partial charge in [-0.25, -0.2) is 4.79 Å². The Morgan fingerprint density at radius 1 is 1.35 bits per heavy atom. The van der Waals surface area contributed by atoms with Crippen LogP contribution in [0.3, 0.4) is 0 Å². The number of aldehydes is 1. The predicted molar refractivity (Wildman–Crippen MR) is 115 cm³/mol. The zero-order chi connectivity index (χ0) is 22.9. The van der Waals surface area contributed by atoms with Crippen LogP contribution in [0.15, 0.2) is 23.5 Å². The first-order chi connectivity index (χ1) is 14.6. The average Bonchev–Trinajstić information content (AvgIpc) is 3.13. The number of esters is 1. The number of methoxy groups -OCH3 is 1. The SMILES string of the molecule is CCOC(=O)C1=C(C=O)C(=CCC(C)C)c2c(cc3c(c2OC)C[C@@H](C(C)(C)O)O3)O1. The zero-order valence-electron chi connectivity index (χ0n) is 18.9. The Hall–Kier alpha value is -2.80. The maximum atomic E-state index is 12.5. The number of allylic oxidation sites excluding steroid dienone is 3. The second kappa shape index (κ2) is 8.75. The van der Waals surface area contributed by atoms with E-state index in [-0.39, 0.29) is 17.9 Å². The number of ether oxygens (including phenoxy) is 4. The highest BCUT2D eigenvalue weighted by Gasteiger charge is 2.41. The summed E-state index contributed by atoms with van der Waals surface area (Å²) in [6.45, 7) is 9.34. The minimum atomic E-state index is -1.07. The van der Waals surface area contributed by atoms with Gasteiger partial charge in [-0.2, -0.15) is 0 Å². The monoisotopic (exact) mass is 430 g/mol. The van der Waals surface area contributed by atoms with Crippen LogP contribution in [0.4, 0.5) is 0 Å². The van der Waals surface area contributed by atoms with Gasteiger partial charge >= 0.3 is 5.97 Å². The first kappa shape index (κ1) is 22.9. The molecule has 3 rings (SSSR count). The molecule has 1 N–H and O–H groups in total. The van der Waals surface area contributed by atoms with E-state index in [1.165, 1.54) is 0 Å². The molecule has 0 unspecified atom stereocenters. The van der Waals surface area contributed by atoms with Crippen molar-refractivity contribution in [3.8, 4) is 17.2 Å². The largest absolute Gasteiger partial charge is 0.496 e. The average molecular weight is 430 g/mol. The Bertz CT molecular complexity index is 948. The molecule has 0 spiro atoms. The van der Waals surface area contributed by atoms with E-state index < -0.39 is 17.7 Å². The molecule has 0 bridgehead atoms. The van der Waals surface area contributed by atoms with E-state index in [0.717, 1.165) is 5.56 Å². The number of aliphatic hydroxyl groups is 1. The van der Waals surface area contributed by atoms with Gasteiger partial charge in [0, 0.05) is 18.1 Å². The van der Waals surface area contributed by atoms with Crippen molar-refractivity contribution in [2.24, 2.45) is 5.92 Å². The summed E-state index contributed by atoms with van der Waals surface area (Å²) in [5.41, 5.74) is 1.01. The number of fused-ring (bicyclic) bond motifs is 2. The lowest BCUT2D eigenvalue weighted by Gasteiger charge is -2.26. The van der Waals surface area contributed by atoms with Crippen molar-refractivity contribution in [3.63, 3.8) is 0 Å². The molecule has 31 heavy (non-hydrogen) atoms. The van der Waals surface area contributed by atoms with Gasteiger partial charge in [0.1, 0.15) is 23.4 Å².